The lowest BCUT2D eigenvalue weighted by Crippen LogP contribution is -2.51. The first-order valence-electron chi connectivity index (χ1n) is 15.4. The van der Waals surface area contributed by atoms with Gasteiger partial charge in [0.15, 0.2) is 0 Å². The molecule has 0 radical (unpaired) electrons. The third-order valence-electron chi connectivity index (χ3n) is 8.48. The first kappa shape index (κ1) is 37.5. The topological polar surface area (TPSA) is 117 Å². The molecule has 0 aliphatic carbocycles. The summed E-state index contributed by atoms with van der Waals surface area (Å²) in [7, 11) is 5.15. The lowest BCUT2D eigenvalue weighted by atomic mass is 9.80. The summed E-state index contributed by atoms with van der Waals surface area (Å²) >= 11 is 0. The minimum absolute atomic E-state index is 0.0890. The molecule has 1 aromatic rings. The standard InChI is InChI=1S/C33H57N3O6/c1-10-23(4)30(36(7)29(38)19-22(2)3)28(41-8)20-27(17-14-18-34-21-37)32(42-9)24(5)33(40)35-25(6)31(39)26-15-12-11-13-16-26/h11-13,15-16,21-25,27-28,30-32,39H,10,14,17-20H2,1-9H3,(H,34,37)(H,35,40). The summed E-state index contributed by atoms with van der Waals surface area (Å²) < 4.78 is 12.1. The van der Waals surface area contributed by atoms with Gasteiger partial charge in [-0.05, 0) is 49.5 Å². The van der Waals surface area contributed by atoms with Crippen molar-refractivity contribution < 1.29 is 29.0 Å². The fourth-order valence-electron chi connectivity index (χ4n) is 5.84. The van der Waals surface area contributed by atoms with Gasteiger partial charge in [0.25, 0.3) is 0 Å². The normalized spacial score (nSPS) is 17.3. The molecule has 0 saturated heterocycles. The van der Waals surface area contributed by atoms with Gasteiger partial charge in [0.05, 0.1) is 36.3 Å². The van der Waals surface area contributed by atoms with E-state index in [4.69, 9.17) is 9.47 Å². The largest absolute Gasteiger partial charge is 0.386 e. The van der Waals surface area contributed by atoms with Gasteiger partial charge >= 0.3 is 0 Å². The van der Waals surface area contributed by atoms with Gasteiger partial charge < -0.3 is 30.1 Å². The van der Waals surface area contributed by atoms with Gasteiger partial charge in [-0.2, -0.15) is 0 Å². The number of hydrogen-bond donors (Lipinski definition) is 3. The highest BCUT2D eigenvalue weighted by atomic mass is 16.5. The van der Waals surface area contributed by atoms with Crippen molar-refractivity contribution in [1.29, 1.82) is 0 Å². The summed E-state index contributed by atoms with van der Waals surface area (Å²) in [5, 5.41) is 16.5. The average Bonchev–Trinajstić information content (AvgIpc) is 2.97. The van der Waals surface area contributed by atoms with Crippen LogP contribution in [-0.2, 0) is 23.9 Å². The molecule has 3 N–H and O–H groups in total. The first-order chi connectivity index (χ1) is 19.9. The predicted molar refractivity (Wildman–Crippen MR) is 167 cm³/mol. The first-order valence-corrected chi connectivity index (χ1v) is 15.4. The maximum absolute atomic E-state index is 13.5. The second-order valence-electron chi connectivity index (χ2n) is 12.1. The van der Waals surface area contributed by atoms with Crippen molar-refractivity contribution >= 4 is 18.2 Å². The van der Waals surface area contributed by atoms with Crippen LogP contribution in [0.15, 0.2) is 30.3 Å². The van der Waals surface area contributed by atoms with Crippen LogP contribution in [0.3, 0.4) is 0 Å². The zero-order valence-electron chi connectivity index (χ0n) is 27.3. The number of hydrogen-bond acceptors (Lipinski definition) is 6. The van der Waals surface area contributed by atoms with Gasteiger partial charge in [-0.3, -0.25) is 14.4 Å². The van der Waals surface area contributed by atoms with Crippen molar-refractivity contribution in [3.63, 3.8) is 0 Å². The van der Waals surface area contributed by atoms with Gasteiger partial charge in [0, 0.05) is 34.2 Å². The van der Waals surface area contributed by atoms with E-state index in [1.807, 2.05) is 63.1 Å². The Hall–Kier alpha value is -2.49. The van der Waals surface area contributed by atoms with Gasteiger partial charge in [0.2, 0.25) is 18.2 Å². The van der Waals surface area contributed by atoms with Crippen LogP contribution in [0.2, 0.25) is 0 Å². The van der Waals surface area contributed by atoms with Crippen LogP contribution < -0.4 is 10.6 Å². The Morgan fingerprint density at radius 1 is 1.05 bits per heavy atom. The van der Waals surface area contributed by atoms with Gasteiger partial charge in [-0.25, -0.2) is 0 Å². The predicted octanol–water partition coefficient (Wildman–Crippen LogP) is 4.34. The van der Waals surface area contributed by atoms with Crippen molar-refractivity contribution in [2.24, 2.45) is 23.7 Å². The fraction of sp³-hybridized carbons (Fsp3) is 0.727. The van der Waals surface area contributed by atoms with Crippen molar-refractivity contribution in [3.05, 3.63) is 35.9 Å². The lowest BCUT2D eigenvalue weighted by molar-refractivity contribution is -0.139. The molecule has 9 heteroatoms. The molecule has 0 fully saturated rings. The van der Waals surface area contributed by atoms with E-state index in [9.17, 15) is 19.5 Å². The molecule has 3 amide bonds. The molecule has 0 aliphatic heterocycles. The van der Waals surface area contributed by atoms with Crippen LogP contribution in [0, 0.1) is 23.7 Å². The van der Waals surface area contributed by atoms with Gasteiger partial charge in [0.1, 0.15) is 0 Å². The molecule has 0 bridgehead atoms. The summed E-state index contributed by atoms with van der Waals surface area (Å²) in [4.78, 5) is 39.3. The summed E-state index contributed by atoms with van der Waals surface area (Å²) in [6.07, 6.45) is 2.42. The van der Waals surface area contributed by atoms with E-state index in [0.717, 1.165) is 12.0 Å². The highest BCUT2D eigenvalue weighted by Crippen LogP contribution is 2.31. The fourth-order valence-corrected chi connectivity index (χ4v) is 5.84. The number of nitrogens with one attached hydrogen (secondary N) is 2. The van der Waals surface area contributed by atoms with Crippen LogP contribution in [0.1, 0.15) is 85.3 Å². The van der Waals surface area contributed by atoms with Crippen LogP contribution in [-0.4, -0.2) is 80.3 Å². The van der Waals surface area contributed by atoms with E-state index in [1.54, 1.807) is 21.1 Å². The molecule has 1 rings (SSSR count). The van der Waals surface area contributed by atoms with Crippen molar-refractivity contribution in [2.75, 3.05) is 27.8 Å². The quantitative estimate of drug-likeness (QED) is 0.145. The van der Waals surface area contributed by atoms with E-state index >= 15 is 0 Å². The number of aliphatic hydroxyl groups excluding tert-OH is 1. The monoisotopic (exact) mass is 591 g/mol. The van der Waals surface area contributed by atoms with Gasteiger partial charge in [-0.15, -0.1) is 0 Å². The van der Waals surface area contributed by atoms with E-state index in [1.165, 1.54) is 0 Å². The maximum atomic E-state index is 13.5. The van der Waals surface area contributed by atoms with Crippen LogP contribution in [0.4, 0.5) is 0 Å². The molecule has 1 aromatic carbocycles. The Morgan fingerprint density at radius 2 is 1.69 bits per heavy atom. The van der Waals surface area contributed by atoms with Crippen molar-refractivity contribution in [1.82, 2.24) is 15.5 Å². The summed E-state index contributed by atoms with van der Waals surface area (Å²) in [5.41, 5.74) is 0.733. The van der Waals surface area contributed by atoms with Crippen LogP contribution >= 0.6 is 0 Å². The Kier molecular flexibility index (Phi) is 17.6. The summed E-state index contributed by atoms with van der Waals surface area (Å²) in [5.74, 6) is -0.303. The number of likely N-dealkylation sites (N-methyl/N-ethyl adjacent to an activating group) is 1. The molecule has 0 saturated carbocycles. The van der Waals surface area contributed by atoms with Crippen LogP contribution in [0.25, 0.3) is 0 Å². The Balaban J connectivity index is 3.23. The second-order valence-corrected chi connectivity index (χ2v) is 12.1. The number of aliphatic hydroxyl groups is 1. The van der Waals surface area contributed by atoms with E-state index in [-0.39, 0.29) is 41.7 Å². The Morgan fingerprint density at radius 3 is 2.21 bits per heavy atom. The molecular formula is C33H57N3O6. The molecule has 0 aliphatic rings. The molecule has 0 spiro atoms. The number of amides is 3. The van der Waals surface area contributed by atoms with E-state index in [2.05, 4.69) is 24.5 Å². The smallest absolute Gasteiger partial charge is 0.225 e. The highest BCUT2D eigenvalue weighted by molar-refractivity contribution is 5.79. The second kappa shape index (κ2) is 19.7. The average molecular weight is 592 g/mol. The lowest BCUT2D eigenvalue weighted by Gasteiger charge is -2.41. The Labute approximate surface area is 254 Å². The van der Waals surface area contributed by atoms with E-state index in [0.29, 0.717) is 38.6 Å². The third kappa shape index (κ3) is 11.7. The Bertz CT molecular complexity index is 914. The minimum atomic E-state index is -0.846. The zero-order valence-corrected chi connectivity index (χ0v) is 27.3. The van der Waals surface area contributed by atoms with Crippen LogP contribution in [0.5, 0.6) is 0 Å². The third-order valence-corrected chi connectivity index (χ3v) is 8.48. The highest BCUT2D eigenvalue weighted by Gasteiger charge is 2.38. The summed E-state index contributed by atoms with van der Waals surface area (Å²) in [6.45, 7) is 12.5. The number of benzene rings is 1. The number of methoxy groups -OCH3 is 2. The number of carbonyl (C=O) groups is 3. The van der Waals surface area contributed by atoms with Gasteiger partial charge in [-0.1, -0.05) is 71.4 Å². The van der Waals surface area contributed by atoms with Crippen molar-refractivity contribution in [3.8, 4) is 0 Å². The van der Waals surface area contributed by atoms with Crippen molar-refractivity contribution in [2.45, 2.75) is 104 Å². The molecule has 42 heavy (non-hydrogen) atoms. The number of carbonyl (C=O) groups excluding carboxylic acids is 3. The molecular weight excluding hydrogens is 534 g/mol. The number of ether oxygens (including phenoxy) is 2. The number of nitrogens with zero attached hydrogens (tertiary/aromatic N) is 1. The molecule has 8 unspecified atom stereocenters. The zero-order chi connectivity index (χ0) is 31.8. The van der Waals surface area contributed by atoms with E-state index < -0.39 is 24.2 Å². The molecule has 240 valence electrons. The minimum Gasteiger partial charge on any atom is -0.386 e. The SMILES string of the molecule is CCC(C)C(C(CC(CCCNC=O)C(OC)C(C)C(=O)NC(C)C(O)c1ccccc1)OC)N(C)C(=O)CC(C)C. The summed E-state index contributed by atoms with van der Waals surface area (Å²) in [6, 6.07) is 8.61. The number of rotatable bonds is 21. The maximum Gasteiger partial charge on any atom is 0.225 e. The molecule has 0 aromatic heterocycles. The molecule has 0 heterocycles. The molecule has 8 atom stereocenters. The molecule has 9 nitrogen and oxygen atoms in total.